The molecule has 20 heavy (non-hydrogen) atoms. The number of benzene rings is 2. The minimum atomic E-state index is 0.763. The van der Waals surface area contributed by atoms with Crippen molar-refractivity contribution in [3.05, 3.63) is 59.2 Å². The van der Waals surface area contributed by atoms with Crippen molar-refractivity contribution in [2.75, 3.05) is 0 Å². The van der Waals surface area contributed by atoms with Crippen LogP contribution in [0.1, 0.15) is 42.9 Å². The number of nitrogens with zero attached hydrogens (tertiary/aromatic N) is 1. The molecule has 0 unspecified atom stereocenters. The van der Waals surface area contributed by atoms with Gasteiger partial charge in [-0.25, -0.2) is 0 Å². The highest BCUT2D eigenvalue weighted by Crippen LogP contribution is 2.31. The standard InChI is InChI=1S/C19H21N/c1-3-4-5-10-16-12-8-9-15(2)19(16)18-13-7-6-11-17(18)14-20/h6-9,11-13H,3-5,10H2,1-2H3. The lowest BCUT2D eigenvalue weighted by atomic mass is 9.90. The molecule has 0 aliphatic rings. The highest BCUT2D eigenvalue weighted by Gasteiger charge is 2.11. The Morgan fingerprint density at radius 1 is 1.00 bits per heavy atom. The number of hydrogen-bond acceptors (Lipinski definition) is 1. The Morgan fingerprint density at radius 2 is 1.80 bits per heavy atom. The number of unbranched alkanes of at least 4 members (excludes halogenated alkanes) is 2. The molecule has 0 aromatic heterocycles. The van der Waals surface area contributed by atoms with Gasteiger partial charge in [-0.05, 0) is 48.1 Å². The second-order valence-corrected chi connectivity index (χ2v) is 5.22. The Kier molecular flexibility index (Phi) is 4.96. The first-order valence-corrected chi connectivity index (χ1v) is 7.36. The van der Waals surface area contributed by atoms with Crippen LogP contribution in [0.25, 0.3) is 11.1 Å². The van der Waals surface area contributed by atoms with Crippen LogP contribution in [0.15, 0.2) is 42.5 Å². The summed E-state index contributed by atoms with van der Waals surface area (Å²) >= 11 is 0. The van der Waals surface area contributed by atoms with Gasteiger partial charge in [-0.1, -0.05) is 56.2 Å². The van der Waals surface area contributed by atoms with Gasteiger partial charge in [0, 0.05) is 0 Å². The molecule has 0 radical (unpaired) electrons. The van der Waals surface area contributed by atoms with Crippen molar-refractivity contribution < 1.29 is 0 Å². The number of hydrogen-bond donors (Lipinski definition) is 0. The van der Waals surface area contributed by atoms with E-state index in [1.54, 1.807) is 0 Å². The fourth-order valence-electron chi connectivity index (χ4n) is 2.69. The van der Waals surface area contributed by atoms with Crippen LogP contribution < -0.4 is 0 Å². The normalized spacial score (nSPS) is 10.2. The molecule has 0 spiro atoms. The van der Waals surface area contributed by atoms with Crippen LogP contribution in [-0.2, 0) is 6.42 Å². The summed E-state index contributed by atoms with van der Waals surface area (Å²) in [6.07, 6.45) is 4.79. The summed E-state index contributed by atoms with van der Waals surface area (Å²) in [5.41, 5.74) is 5.70. The smallest absolute Gasteiger partial charge is 0.0998 e. The van der Waals surface area contributed by atoms with Gasteiger partial charge in [0.1, 0.15) is 0 Å². The van der Waals surface area contributed by atoms with Crippen molar-refractivity contribution in [3.63, 3.8) is 0 Å². The molecule has 0 amide bonds. The summed E-state index contributed by atoms with van der Waals surface area (Å²) in [5.74, 6) is 0. The molecule has 2 rings (SSSR count). The average Bonchev–Trinajstić information content (AvgIpc) is 2.48. The van der Waals surface area contributed by atoms with Crippen LogP contribution in [0.2, 0.25) is 0 Å². The molecule has 2 aromatic carbocycles. The maximum Gasteiger partial charge on any atom is 0.0998 e. The molecule has 1 nitrogen and oxygen atoms in total. The van der Waals surface area contributed by atoms with E-state index in [-0.39, 0.29) is 0 Å². The lowest BCUT2D eigenvalue weighted by molar-refractivity contribution is 0.718. The minimum Gasteiger partial charge on any atom is -0.192 e. The van der Waals surface area contributed by atoms with Crippen LogP contribution >= 0.6 is 0 Å². The molecule has 0 bridgehead atoms. The Morgan fingerprint density at radius 3 is 2.55 bits per heavy atom. The summed E-state index contributed by atoms with van der Waals surface area (Å²) in [6.45, 7) is 4.36. The summed E-state index contributed by atoms with van der Waals surface area (Å²) in [6, 6.07) is 16.7. The van der Waals surface area contributed by atoms with Gasteiger partial charge in [0.25, 0.3) is 0 Å². The van der Waals surface area contributed by atoms with E-state index < -0.39 is 0 Å². The van der Waals surface area contributed by atoms with Gasteiger partial charge < -0.3 is 0 Å². The summed E-state index contributed by atoms with van der Waals surface area (Å²) in [5, 5.41) is 9.33. The van der Waals surface area contributed by atoms with Gasteiger partial charge in [0.05, 0.1) is 11.6 Å². The Balaban J connectivity index is 2.47. The van der Waals surface area contributed by atoms with Crippen molar-refractivity contribution in [1.82, 2.24) is 0 Å². The second-order valence-electron chi connectivity index (χ2n) is 5.22. The van der Waals surface area contributed by atoms with Crippen molar-refractivity contribution >= 4 is 0 Å². The first-order valence-electron chi connectivity index (χ1n) is 7.36. The third kappa shape index (κ3) is 3.08. The van der Waals surface area contributed by atoms with Gasteiger partial charge in [0.2, 0.25) is 0 Å². The van der Waals surface area contributed by atoms with Gasteiger partial charge >= 0.3 is 0 Å². The predicted molar refractivity (Wildman–Crippen MR) is 84.6 cm³/mol. The van der Waals surface area contributed by atoms with E-state index >= 15 is 0 Å². The largest absolute Gasteiger partial charge is 0.192 e. The molecule has 0 N–H and O–H groups in total. The number of aryl methyl sites for hydroxylation is 2. The van der Waals surface area contributed by atoms with E-state index in [2.05, 4.69) is 44.2 Å². The first-order chi connectivity index (χ1) is 9.77. The van der Waals surface area contributed by atoms with E-state index in [1.165, 1.54) is 36.0 Å². The first kappa shape index (κ1) is 14.3. The zero-order chi connectivity index (χ0) is 14.4. The van der Waals surface area contributed by atoms with E-state index in [9.17, 15) is 5.26 Å². The summed E-state index contributed by atoms with van der Waals surface area (Å²) in [4.78, 5) is 0. The molecule has 0 saturated carbocycles. The van der Waals surface area contributed by atoms with Crippen LogP contribution in [0.3, 0.4) is 0 Å². The average molecular weight is 263 g/mol. The van der Waals surface area contributed by atoms with Crippen molar-refractivity contribution in [3.8, 4) is 17.2 Å². The maximum absolute atomic E-state index is 9.33. The second kappa shape index (κ2) is 6.91. The molecule has 1 heteroatoms. The lowest BCUT2D eigenvalue weighted by Crippen LogP contribution is -1.95. The van der Waals surface area contributed by atoms with Crippen LogP contribution in [-0.4, -0.2) is 0 Å². The minimum absolute atomic E-state index is 0.763. The molecule has 2 aromatic rings. The maximum atomic E-state index is 9.33. The SMILES string of the molecule is CCCCCc1cccc(C)c1-c1ccccc1C#N. The van der Waals surface area contributed by atoms with Crippen molar-refractivity contribution in [2.24, 2.45) is 0 Å². The van der Waals surface area contributed by atoms with Gasteiger partial charge in [-0.3, -0.25) is 0 Å². The highest BCUT2D eigenvalue weighted by atomic mass is 14.3. The molecular formula is C19H21N. The lowest BCUT2D eigenvalue weighted by Gasteiger charge is -2.14. The zero-order valence-corrected chi connectivity index (χ0v) is 12.3. The van der Waals surface area contributed by atoms with E-state index in [1.807, 2.05) is 18.2 Å². The fourth-order valence-corrected chi connectivity index (χ4v) is 2.69. The summed E-state index contributed by atoms with van der Waals surface area (Å²) in [7, 11) is 0. The Hall–Kier alpha value is -2.07. The molecule has 0 aliphatic carbocycles. The highest BCUT2D eigenvalue weighted by molar-refractivity contribution is 5.76. The Labute approximate surface area is 121 Å². The van der Waals surface area contributed by atoms with Gasteiger partial charge in [-0.2, -0.15) is 5.26 Å². The molecular weight excluding hydrogens is 242 g/mol. The van der Waals surface area contributed by atoms with E-state index in [0.717, 1.165) is 17.5 Å². The third-order valence-corrected chi connectivity index (χ3v) is 3.73. The summed E-state index contributed by atoms with van der Waals surface area (Å²) < 4.78 is 0. The van der Waals surface area contributed by atoms with Gasteiger partial charge in [0.15, 0.2) is 0 Å². The molecule has 0 atom stereocenters. The monoisotopic (exact) mass is 263 g/mol. The zero-order valence-electron chi connectivity index (χ0n) is 12.3. The molecule has 0 heterocycles. The van der Waals surface area contributed by atoms with Crippen LogP contribution in [0.4, 0.5) is 0 Å². The number of nitriles is 1. The fraction of sp³-hybridized carbons (Fsp3) is 0.316. The molecule has 0 saturated heterocycles. The van der Waals surface area contributed by atoms with Crippen LogP contribution in [0, 0.1) is 18.3 Å². The topological polar surface area (TPSA) is 23.8 Å². The molecule has 102 valence electrons. The van der Waals surface area contributed by atoms with Crippen LogP contribution in [0.5, 0.6) is 0 Å². The van der Waals surface area contributed by atoms with E-state index in [4.69, 9.17) is 0 Å². The quantitative estimate of drug-likeness (QED) is 0.674. The molecule has 0 aliphatic heterocycles. The van der Waals surface area contributed by atoms with E-state index in [0.29, 0.717) is 0 Å². The van der Waals surface area contributed by atoms with Crippen molar-refractivity contribution in [1.29, 1.82) is 5.26 Å². The number of rotatable bonds is 5. The van der Waals surface area contributed by atoms with Gasteiger partial charge in [-0.15, -0.1) is 0 Å². The predicted octanol–water partition coefficient (Wildman–Crippen LogP) is 5.27. The molecule has 0 fully saturated rings. The third-order valence-electron chi connectivity index (χ3n) is 3.73. The van der Waals surface area contributed by atoms with Crippen molar-refractivity contribution in [2.45, 2.75) is 39.5 Å². The Bertz CT molecular complexity index is 620.